The highest BCUT2D eigenvalue weighted by molar-refractivity contribution is 5.93. The summed E-state index contributed by atoms with van der Waals surface area (Å²) in [5.41, 5.74) is 0.00537. The molecule has 2 aliphatic heterocycles. The van der Waals surface area contributed by atoms with E-state index in [0.29, 0.717) is 5.56 Å². The first-order valence-electron chi connectivity index (χ1n) is 8.74. The molecule has 1 aromatic rings. The van der Waals surface area contributed by atoms with E-state index in [0.717, 1.165) is 10.5 Å². The third-order valence-electron chi connectivity index (χ3n) is 6.65. The van der Waals surface area contributed by atoms with Crippen LogP contribution in [0.5, 0.6) is 0 Å². The van der Waals surface area contributed by atoms with E-state index in [1.54, 1.807) is 12.1 Å². The Balaban J connectivity index is 2.03. The number of amides is 1. The lowest BCUT2D eigenvalue weighted by atomic mass is 9.58. The van der Waals surface area contributed by atoms with Gasteiger partial charge in [0, 0.05) is 5.92 Å². The molecular formula is C19H20F3NO3. The summed E-state index contributed by atoms with van der Waals surface area (Å²) in [5, 5.41) is 0. The fraction of sp³-hybridized carbons (Fsp3) is 0.579. The van der Waals surface area contributed by atoms with Crippen LogP contribution in [0.25, 0.3) is 0 Å². The number of rotatable bonds is 1. The number of methoxy groups -OCH3 is 1. The van der Waals surface area contributed by atoms with Gasteiger partial charge in [0.05, 0.1) is 13.2 Å². The van der Waals surface area contributed by atoms with Crippen LogP contribution in [0.2, 0.25) is 0 Å². The molecule has 1 saturated carbocycles. The van der Waals surface area contributed by atoms with Gasteiger partial charge in [0.2, 0.25) is 0 Å². The minimum absolute atomic E-state index is 0.0102. The summed E-state index contributed by atoms with van der Waals surface area (Å²) in [6, 6.07) is 6.46. The third-order valence-corrected chi connectivity index (χ3v) is 6.65. The quantitative estimate of drug-likeness (QED) is 0.715. The Morgan fingerprint density at radius 3 is 2.38 bits per heavy atom. The fourth-order valence-corrected chi connectivity index (χ4v) is 6.04. The third kappa shape index (κ3) is 1.86. The molecule has 2 fully saturated rings. The van der Waals surface area contributed by atoms with Gasteiger partial charge in [0.1, 0.15) is 5.54 Å². The van der Waals surface area contributed by atoms with Crippen molar-refractivity contribution in [1.29, 1.82) is 0 Å². The van der Waals surface area contributed by atoms with E-state index in [4.69, 9.17) is 4.74 Å². The van der Waals surface area contributed by atoms with Crippen LogP contribution in [0.15, 0.2) is 24.3 Å². The van der Waals surface area contributed by atoms with E-state index >= 15 is 0 Å². The normalized spacial score (nSPS) is 37.5. The molecule has 2 heterocycles. The lowest BCUT2D eigenvalue weighted by Crippen LogP contribution is -2.69. The molecule has 6 atom stereocenters. The number of carbonyl (C=O) groups excluding carboxylic acids is 2. The number of ether oxygens (including phenoxy) is 1. The van der Waals surface area contributed by atoms with Crippen molar-refractivity contribution in [2.75, 3.05) is 7.11 Å². The van der Waals surface area contributed by atoms with Gasteiger partial charge in [-0.2, -0.15) is 13.2 Å². The fourth-order valence-electron chi connectivity index (χ4n) is 6.04. The molecular weight excluding hydrogens is 347 g/mol. The Bertz CT molecular complexity index is 792. The average molecular weight is 367 g/mol. The molecule has 4 nitrogen and oxygen atoms in total. The van der Waals surface area contributed by atoms with Crippen molar-refractivity contribution in [3.63, 3.8) is 0 Å². The van der Waals surface area contributed by atoms with Gasteiger partial charge in [-0.05, 0) is 35.3 Å². The van der Waals surface area contributed by atoms with Crippen LogP contribution < -0.4 is 0 Å². The van der Waals surface area contributed by atoms with Crippen LogP contribution in [0, 0.1) is 17.8 Å². The molecule has 0 radical (unpaired) electrons. The number of halogens is 3. The van der Waals surface area contributed by atoms with E-state index < -0.39 is 35.6 Å². The first kappa shape index (κ1) is 17.4. The summed E-state index contributed by atoms with van der Waals surface area (Å²) in [7, 11) is 1.17. The molecule has 0 N–H and O–H groups in total. The number of hydrogen-bond acceptors (Lipinski definition) is 3. The van der Waals surface area contributed by atoms with Crippen molar-refractivity contribution in [3.8, 4) is 0 Å². The number of carbonyl (C=O) groups is 2. The minimum Gasteiger partial charge on any atom is -0.467 e. The zero-order valence-corrected chi connectivity index (χ0v) is 14.7. The van der Waals surface area contributed by atoms with E-state index in [9.17, 15) is 22.8 Å². The van der Waals surface area contributed by atoms with Crippen molar-refractivity contribution in [2.45, 2.75) is 43.9 Å². The molecule has 0 spiro atoms. The molecule has 2 aliphatic carbocycles. The lowest BCUT2D eigenvalue weighted by molar-refractivity contribution is -0.208. The van der Waals surface area contributed by atoms with Crippen molar-refractivity contribution < 1.29 is 27.5 Å². The van der Waals surface area contributed by atoms with Gasteiger partial charge in [0.15, 0.2) is 0 Å². The number of esters is 1. The highest BCUT2D eigenvalue weighted by atomic mass is 19.4. The van der Waals surface area contributed by atoms with E-state index in [-0.39, 0.29) is 24.2 Å². The molecule has 1 saturated heterocycles. The minimum atomic E-state index is -5.05. The van der Waals surface area contributed by atoms with Crippen LogP contribution in [0.4, 0.5) is 13.2 Å². The summed E-state index contributed by atoms with van der Waals surface area (Å²) in [5.74, 6) is -3.31. The maximum atomic E-state index is 13.5. The standard InChI is InChI=1S/C19H20F3NO3/c1-9-8-18(17(25)26-3)14-11-6-4-5-7-12(11)15(10(2)13(9)14)23(18)16(24)19(20,21)22/h4-7,9-10,13-15H,8H2,1-3H3/t9-,10?,13?,14?,15?,18?/m1/s1. The summed E-state index contributed by atoms with van der Waals surface area (Å²) in [6.07, 6.45) is -4.86. The second kappa shape index (κ2) is 5.24. The largest absolute Gasteiger partial charge is 0.471 e. The van der Waals surface area contributed by atoms with Gasteiger partial charge >= 0.3 is 18.1 Å². The summed E-state index contributed by atoms with van der Waals surface area (Å²) in [4.78, 5) is 26.2. The number of nitrogens with zero attached hydrogens (tertiary/aromatic N) is 1. The zero-order chi connectivity index (χ0) is 19.0. The van der Waals surface area contributed by atoms with Gasteiger partial charge in [-0.1, -0.05) is 38.1 Å². The summed E-state index contributed by atoms with van der Waals surface area (Å²) < 4.78 is 45.4. The van der Waals surface area contributed by atoms with E-state index in [1.807, 2.05) is 26.0 Å². The Kier molecular flexibility index (Phi) is 3.50. The van der Waals surface area contributed by atoms with Crippen molar-refractivity contribution in [1.82, 2.24) is 4.90 Å². The molecule has 26 heavy (non-hydrogen) atoms. The van der Waals surface area contributed by atoms with Crippen molar-refractivity contribution >= 4 is 11.9 Å². The first-order chi connectivity index (χ1) is 12.2. The predicted octanol–water partition coefficient (Wildman–Crippen LogP) is 3.43. The Labute approximate surface area is 149 Å². The monoisotopic (exact) mass is 367 g/mol. The SMILES string of the molecule is COC(=O)C12C[C@@H](C)C3C(C)C(c4ccccc4C31)N2C(=O)C(F)(F)F. The van der Waals surface area contributed by atoms with Crippen LogP contribution in [-0.2, 0) is 14.3 Å². The van der Waals surface area contributed by atoms with Gasteiger partial charge in [-0.25, -0.2) is 4.79 Å². The smallest absolute Gasteiger partial charge is 0.467 e. The number of piperidine rings is 1. The Morgan fingerprint density at radius 1 is 1.19 bits per heavy atom. The maximum Gasteiger partial charge on any atom is 0.471 e. The average Bonchev–Trinajstić information content (AvgIpc) is 2.87. The molecule has 1 aromatic carbocycles. The first-order valence-corrected chi connectivity index (χ1v) is 8.74. The van der Waals surface area contributed by atoms with Crippen molar-refractivity contribution in [3.05, 3.63) is 35.4 Å². The number of alkyl halides is 3. The van der Waals surface area contributed by atoms with Crippen LogP contribution in [0.3, 0.4) is 0 Å². The van der Waals surface area contributed by atoms with Crippen LogP contribution >= 0.6 is 0 Å². The van der Waals surface area contributed by atoms with Crippen LogP contribution in [-0.4, -0.2) is 35.6 Å². The Morgan fingerprint density at radius 2 is 1.81 bits per heavy atom. The molecule has 140 valence electrons. The maximum absolute atomic E-state index is 13.5. The number of hydrogen-bond donors (Lipinski definition) is 0. The Hall–Kier alpha value is -2.05. The summed E-state index contributed by atoms with van der Waals surface area (Å²) >= 11 is 0. The van der Waals surface area contributed by atoms with Gasteiger partial charge in [-0.15, -0.1) is 0 Å². The molecule has 1 amide bonds. The topological polar surface area (TPSA) is 46.6 Å². The highest BCUT2D eigenvalue weighted by Gasteiger charge is 2.73. The molecule has 4 bridgehead atoms. The van der Waals surface area contributed by atoms with Gasteiger partial charge in [-0.3, -0.25) is 4.79 Å². The molecule has 4 aliphatic rings. The van der Waals surface area contributed by atoms with Crippen LogP contribution in [0.1, 0.15) is 43.4 Å². The molecule has 5 unspecified atom stereocenters. The predicted molar refractivity (Wildman–Crippen MR) is 86.0 cm³/mol. The van der Waals surface area contributed by atoms with E-state index in [2.05, 4.69) is 0 Å². The summed E-state index contributed by atoms with van der Waals surface area (Å²) in [6.45, 7) is 3.84. The second-order valence-electron chi connectivity index (χ2n) is 7.76. The van der Waals surface area contributed by atoms with Crippen molar-refractivity contribution in [2.24, 2.45) is 17.8 Å². The van der Waals surface area contributed by atoms with Gasteiger partial charge < -0.3 is 9.64 Å². The molecule has 5 rings (SSSR count). The molecule has 7 heteroatoms. The zero-order valence-electron chi connectivity index (χ0n) is 14.7. The number of benzene rings is 1. The molecule has 0 aromatic heterocycles. The second-order valence-corrected chi connectivity index (χ2v) is 7.76. The highest BCUT2D eigenvalue weighted by Crippen LogP contribution is 2.69. The lowest BCUT2D eigenvalue weighted by Gasteiger charge is -2.59. The van der Waals surface area contributed by atoms with Gasteiger partial charge in [0.25, 0.3) is 0 Å². The van der Waals surface area contributed by atoms with E-state index in [1.165, 1.54) is 7.11 Å².